The van der Waals surface area contributed by atoms with Crippen molar-refractivity contribution in [2.24, 2.45) is 5.92 Å². The quantitative estimate of drug-likeness (QED) is 0.677. The summed E-state index contributed by atoms with van der Waals surface area (Å²) < 4.78 is 27.6. The number of rotatable bonds is 8. The Morgan fingerprint density at radius 3 is 2.59 bits per heavy atom. The van der Waals surface area contributed by atoms with Crippen molar-refractivity contribution in [3.05, 3.63) is 29.3 Å². The smallest absolute Gasteiger partial charge is 0.306 e. The zero-order chi connectivity index (χ0) is 20.0. The predicted molar refractivity (Wildman–Crippen MR) is 102 cm³/mol. The van der Waals surface area contributed by atoms with E-state index in [4.69, 9.17) is 11.6 Å². The van der Waals surface area contributed by atoms with Gasteiger partial charge in [-0.2, -0.15) is 4.31 Å². The maximum Gasteiger partial charge on any atom is 0.306 e. The molecule has 1 heterocycles. The van der Waals surface area contributed by atoms with Gasteiger partial charge in [0.2, 0.25) is 15.9 Å². The molecule has 1 fully saturated rings. The van der Waals surface area contributed by atoms with Gasteiger partial charge < -0.3 is 10.4 Å². The number of nitrogens with zero attached hydrogens (tertiary/aromatic N) is 1. The highest BCUT2D eigenvalue weighted by molar-refractivity contribution is 7.89. The highest BCUT2D eigenvalue weighted by Crippen LogP contribution is 2.25. The molecule has 1 saturated heterocycles. The standard InChI is InChI=1S/C18H25ClN2O5S/c1-2-13(18(23)24)10-12-21(16-5-3-4-11-20-17(16)22)27(25,26)15-8-6-14(19)7-9-15/h6-9,13,16H,2-5,10-12H2,1H3,(H,20,22)(H,23,24). The van der Waals surface area contributed by atoms with Crippen molar-refractivity contribution in [3.8, 4) is 0 Å². The Morgan fingerprint density at radius 2 is 2.00 bits per heavy atom. The summed E-state index contributed by atoms with van der Waals surface area (Å²) in [6, 6.07) is 4.90. The van der Waals surface area contributed by atoms with Crippen LogP contribution in [0.5, 0.6) is 0 Å². The minimum Gasteiger partial charge on any atom is -0.481 e. The van der Waals surface area contributed by atoms with Gasteiger partial charge in [0.15, 0.2) is 0 Å². The first-order valence-electron chi connectivity index (χ1n) is 9.05. The molecule has 0 aliphatic carbocycles. The number of carbonyl (C=O) groups excluding carboxylic acids is 1. The lowest BCUT2D eigenvalue weighted by atomic mass is 10.0. The zero-order valence-corrected chi connectivity index (χ0v) is 16.8. The minimum absolute atomic E-state index is 0.0339. The molecule has 9 heteroatoms. The molecule has 1 aliphatic rings. The van der Waals surface area contributed by atoms with E-state index in [0.29, 0.717) is 30.8 Å². The summed E-state index contributed by atoms with van der Waals surface area (Å²) >= 11 is 5.85. The van der Waals surface area contributed by atoms with Crippen molar-refractivity contribution in [2.45, 2.75) is 50.0 Å². The molecule has 1 amide bonds. The van der Waals surface area contributed by atoms with Gasteiger partial charge >= 0.3 is 5.97 Å². The highest BCUT2D eigenvalue weighted by Gasteiger charge is 2.37. The first kappa shape index (κ1) is 21.7. The number of carboxylic acid groups (broad SMARTS) is 1. The van der Waals surface area contributed by atoms with Gasteiger partial charge in [0.25, 0.3) is 0 Å². The van der Waals surface area contributed by atoms with Crippen LogP contribution in [0, 0.1) is 5.92 Å². The van der Waals surface area contributed by atoms with Gasteiger partial charge in [-0.15, -0.1) is 0 Å². The summed E-state index contributed by atoms with van der Waals surface area (Å²) in [7, 11) is -3.98. The van der Waals surface area contributed by atoms with Gasteiger partial charge in [-0.25, -0.2) is 8.42 Å². The molecule has 0 aromatic heterocycles. The average Bonchev–Trinajstić information content (AvgIpc) is 2.83. The summed E-state index contributed by atoms with van der Waals surface area (Å²) in [6.45, 7) is 2.22. The first-order chi connectivity index (χ1) is 12.8. The summed E-state index contributed by atoms with van der Waals surface area (Å²) in [4.78, 5) is 23.8. The molecular weight excluding hydrogens is 392 g/mol. The van der Waals surface area contributed by atoms with Crippen LogP contribution in [0.15, 0.2) is 29.2 Å². The molecule has 1 aromatic rings. The van der Waals surface area contributed by atoms with Crippen LogP contribution in [-0.4, -0.2) is 48.8 Å². The third-order valence-corrected chi connectivity index (χ3v) is 6.99. The third kappa shape index (κ3) is 5.43. The van der Waals surface area contributed by atoms with Crippen LogP contribution < -0.4 is 5.32 Å². The van der Waals surface area contributed by atoms with Gasteiger partial charge in [0, 0.05) is 18.1 Å². The van der Waals surface area contributed by atoms with Crippen LogP contribution in [0.3, 0.4) is 0 Å². The van der Waals surface area contributed by atoms with Gasteiger partial charge in [-0.05, 0) is 56.4 Å². The van der Waals surface area contributed by atoms with E-state index in [1.807, 2.05) is 0 Å². The number of hydrogen-bond donors (Lipinski definition) is 2. The molecule has 7 nitrogen and oxygen atoms in total. The molecule has 1 aromatic carbocycles. The lowest BCUT2D eigenvalue weighted by molar-refractivity contribution is -0.142. The monoisotopic (exact) mass is 416 g/mol. The van der Waals surface area contributed by atoms with Crippen molar-refractivity contribution in [1.82, 2.24) is 9.62 Å². The number of benzene rings is 1. The molecule has 2 atom stereocenters. The summed E-state index contributed by atoms with van der Waals surface area (Å²) in [6.07, 6.45) is 2.43. The molecule has 150 valence electrons. The SMILES string of the molecule is CCC(CCN(C1CCCCNC1=O)S(=O)(=O)c1ccc(Cl)cc1)C(=O)O. The number of sulfonamides is 1. The Kier molecular flexibility index (Phi) is 7.64. The molecule has 0 saturated carbocycles. The fourth-order valence-corrected chi connectivity index (χ4v) is 4.93. The first-order valence-corrected chi connectivity index (χ1v) is 10.9. The van der Waals surface area contributed by atoms with Gasteiger partial charge in [-0.3, -0.25) is 9.59 Å². The van der Waals surface area contributed by atoms with Crippen molar-refractivity contribution >= 4 is 33.5 Å². The number of aliphatic carboxylic acids is 1. The van der Waals surface area contributed by atoms with E-state index >= 15 is 0 Å². The van der Waals surface area contributed by atoms with Crippen molar-refractivity contribution < 1.29 is 23.1 Å². The van der Waals surface area contributed by atoms with Gasteiger partial charge in [0.05, 0.1) is 10.8 Å². The Bertz CT molecular complexity index is 766. The third-order valence-electron chi connectivity index (χ3n) is 4.81. The summed E-state index contributed by atoms with van der Waals surface area (Å²) in [5.41, 5.74) is 0. The second-order valence-electron chi connectivity index (χ2n) is 6.60. The molecule has 0 bridgehead atoms. The molecule has 2 N–H and O–H groups in total. The molecule has 2 rings (SSSR count). The van der Waals surface area contributed by atoms with Crippen LogP contribution in [-0.2, 0) is 19.6 Å². The molecule has 1 aliphatic heterocycles. The van der Waals surface area contributed by atoms with E-state index in [2.05, 4.69) is 5.32 Å². The topological polar surface area (TPSA) is 104 Å². The number of amides is 1. The van der Waals surface area contributed by atoms with Gasteiger partial charge in [-0.1, -0.05) is 18.5 Å². The van der Waals surface area contributed by atoms with Crippen molar-refractivity contribution in [1.29, 1.82) is 0 Å². The fourth-order valence-electron chi connectivity index (χ4n) is 3.17. The largest absolute Gasteiger partial charge is 0.481 e. The lowest BCUT2D eigenvalue weighted by Crippen LogP contribution is -2.49. The van der Waals surface area contributed by atoms with Crippen LogP contribution in [0.25, 0.3) is 0 Å². The average molecular weight is 417 g/mol. The van der Waals surface area contributed by atoms with E-state index in [1.165, 1.54) is 24.3 Å². The number of nitrogens with one attached hydrogen (secondary N) is 1. The fraction of sp³-hybridized carbons (Fsp3) is 0.556. The number of hydrogen-bond acceptors (Lipinski definition) is 4. The maximum atomic E-state index is 13.2. The van der Waals surface area contributed by atoms with E-state index in [1.54, 1.807) is 6.92 Å². The summed E-state index contributed by atoms with van der Waals surface area (Å²) in [5, 5.41) is 12.4. The molecule has 0 radical (unpaired) electrons. The van der Waals surface area contributed by atoms with Crippen LogP contribution in [0.2, 0.25) is 5.02 Å². The normalized spacial score (nSPS) is 19.4. The van der Waals surface area contributed by atoms with E-state index in [9.17, 15) is 23.1 Å². The molecule has 2 unspecified atom stereocenters. The van der Waals surface area contributed by atoms with Crippen molar-refractivity contribution in [2.75, 3.05) is 13.1 Å². The number of halogens is 1. The van der Waals surface area contributed by atoms with Crippen LogP contribution in [0.1, 0.15) is 39.0 Å². The Morgan fingerprint density at radius 1 is 1.33 bits per heavy atom. The highest BCUT2D eigenvalue weighted by atomic mass is 35.5. The molecule has 0 spiro atoms. The van der Waals surface area contributed by atoms with Crippen LogP contribution in [0.4, 0.5) is 0 Å². The second-order valence-corrected chi connectivity index (χ2v) is 8.93. The Balaban J connectivity index is 2.36. The second kappa shape index (κ2) is 9.52. The molecular formula is C18H25ClN2O5S. The summed E-state index contributed by atoms with van der Waals surface area (Å²) in [5.74, 6) is -1.97. The van der Waals surface area contributed by atoms with E-state index in [-0.39, 0.29) is 23.8 Å². The van der Waals surface area contributed by atoms with E-state index < -0.39 is 28.0 Å². The maximum absolute atomic E-state index is 13.2. The molecule has 27 heavy (non-hydrogen) atoms. The van der Waals surface area contributed by atoms with Gasteiger partial charge in [0.1, 0.15) is 6.04 Å². The number of carboxylic acids is 1. The zero-order valence-electron chi connectivity index (χ0n) is 15.2. The number of carbonyl (C=O) groups is 2. The van der Waals surface area contributed by atoms with Crippen molar-refractivity contribution in [3.63, 3.8) is 0 Å². The van der Waals surface area contributed by atoms with E-state index in [0.717, 1.165) is 10.7 Å². The Labute approximate surface area is 164 Å². The van der Waals surface area contributed by atoms with Crippen LogP contribution >= 0.6 is 11.6 Å². The predicted octanol–water partition coefficient (Wildman–Crippen LogP) is 2.50. The lowest BCUT2D eigenvalue weighted by Gasteiger charge is -2.30. The minimum atomic E-state index is -3.98. The Hall–Kier alpha value is -1.64.